The van der Waals surface area contributed by atoms with Crippen molar-refractivity contribution in [3.8, 4) is 16.9 Å². The molecule has 0 fully saturated rings. The van der Waals surface area contributed by atoms with Crippen LogP contribution in [0.2, 0.25) is 0 Å². The number of carboxylic acid groups (broad SMARTS) is 1. The highest BCUT2D eigenvalue weighted by molar-refractivity contribution is 7.90. The molecule has 2 aromatic carbocycles. The molecule has 2 aromatic rings. The summed E-state index contributed by atoms with van der Waals surface area (Å²) in [6.07, 6.45) is 1.11. The van der Waals surface area contributed by atoms with Crippen LogP contribution in [0.15, 0.2) is 47.4 Å². The molecule has 0 heterocycles. The molecule has 0 atom stereocenters. The highest BCUT2D eigenvalue weighted by Gasteiger charge is 2.15. The van der Waals surface area contributed by atoms with Crippen LogP contribution in [0.25, 0.3) is 11.1 Å². The maximum absolute atomic E-state index is 11.6. The molecule has 6 heteroatoms. The van der Waals surface area contributed by atoms with Gasteiger partial charge in [0.05, 0.1) is 17.6 Å². The fourth-order valence-corrected chi connectivity index (χ4v) is 2.64. The molecule has 0 saturated carbocycles. The highest BCUT2D eigenvalue weighted by Crippen LogP contribution is 2.29. The van der Waals surface area contributed by atoms with E-state index >= 15 is 0 Å². The lowest BCUT2D eigenvalue weighted by atomic mass is 9.99. The molecule has 0 unspecified atom stereocenters. The average Bonchev–Trinajstić information content (AvgIpc) is 2.45. The number of carbonyl (C=O) groups is 1. The second-order valence-corrected chi connectivity index (χ2v) is 6.53. The van der Waals surface area contributed by atoms with E-state index in [1.165, 1.54) is 25.3 Å². The normalized spacial score (nSPS) is 11.1. The monoisotopic (exact) mass is 306 g/mol. The van der Waals surface area contributed by atoms with Gasteiger partial charge in [0.2, 0.25) is 0 Å². The Kier molecular flexibility index (Phi) is 3.99. The number of carboxylic acids is 1. The van der Waals surface area contributed by atoms with Gasteiger partial charge < -0.3 is 9.84 Å². The summed E-state index contributed by atoms with van der Waals surface area (Å²) in [6.45, 7) is 0. The van der Waals surface area contributed by atoms with E-state index in [2.05, 4.69) is 0 Å². The Labute approximate surface area is 122 Å². The lowest BCUT2D eigenvalue weighted by molar-refractivity contribution is 0.0697. The van der Waals surface area contributed by atoms with Crippen LogP contribution in [-0.4, -0.2) is 32.9 Å². The number of hydrogen-bond donors (Lipinski definition) is 1. The Morgan fingerprint density at radius 1 is 1.14 bits per heavy atom. The number of sulfone groups is 1. The van der Waals surface area contributed by atoms with Crippen molar-refractivity contribution in [2.24, 2.45) is 0 Å². The van der Waals surface area contributed by atoms with E-state index in [1.807, 2.05) is 0 Å². The van der Waals surface area contributed by atoms with Crippen molar-refractivity contribution in [2.45, 2.75) is 4.90 Å². The van der Waals surface area contributed by atoms with Gasteiger partial charge in [-0.3, -0.25) is 0 Å². The minimum atomic E-state index is -3.35. The van der Waals surface area contributed by atoms with Gasteiger partial charge in [-0.05, 0) is 41.5 Å². The Hall–Kier alpha value is -2.34. The Morgan fingerprint density at radius 3 is 2.43 bits per heavy atom. The van der Waals surface area contributed by atoms with Crippen LogP contribution < -0.4 is 4.74 Å². The van der Waals surface area contributed by atoms with Gasteiger partial charge in [0.15, 0.2) is 9.84 Å². The largest absolute Gasteiger partial charge is 0.497 e. The van der Waals surface area contributed by atoms with E-state index in [1.54, 1.807) is 24.3 Å². The summed E-state index contributed by atoms with van der Waals surface area (Å²) < 4.78 is 28.2. The van der Waals surface area contributed by atoms with E-state index in [0.29, 0.717) is 16.9 Å². The molecular formula is C15H14O5S. The minimum Gasteiger partial charge on any atom is -0.497 e. The molecule has 0 aromatic heterocycles. The van der Waals surface area contributed by atoms with E-state index < -0.39 is 15.8 Å². The molecule has 110 valence electrons. The van der Waals surface area contributed by atoms with Crippen LogP contribution in [0.3, 0.4) is 0 Å². The number of ether oxygens (including phenoxy) is 1. The summed E-state index contributed by atoms with van der Waals surface area (Å²) in [5.74, 6) is -0.677. The zero-order chi connectivity index (χ0) is 15.6. The third-order valence-corrected chi connectivity index (χ3v) is 4.14. The van der Waals surface area contributed by atoms with E-state index in [9.17, 15) is 18.3 Å². The van der Waals surface area contributed by atoms with Crippen molar-refractivity contribution in [3.63, 3.8) is 0 Å². The topological polar surface area (TPSA) is 80.7 Å². The van der Waals surface area contributed by atoms with Gasteiger partial charge in [-0.25, -0.2) is 13.2 Å². The quantitative estimate of drug-likeness (QED) is 0.938. The third kappa shape index (κ3) is 3.22. The molecule has 0 spiro atoms. The van der Waals surface area contributed by atoms with Gasteiger partial charge in [0, 0.05) is 6.26 Å². The summed E-state index contributed by atoms with van der Waals surface area (Å²) in [5.41, 5.74) is 1.02. The molecule has 0 bridgehead atoms. The number of benzene rings is 2. The van der Waals surface area contributed by atoms with Crippen LogP contribution in [0.4, 0.5) is 0 Å². The molecule has 2 rings (SSSR count). The second kappa shape index (κ2) is 5.57. The smallest absolute Gasteiger partial charge is 0.336 e. The standard InChI is InChI=1S/C15H14O5S/c1-20-11-6-7-13(14(9-11)15(16)17)10-4-3-5-12(8-10)21(2,18)19/h3-9H,1-2H3,(H,16,17). The van der Waals surface area contributed by atoms with Gasteiger partial charge in [0.1, 0.15) is 5.75 Å². The van der Waals surface area contributed by atoms with Gasteiger partial charge >= 0.3 is 5.97 Å². The van der Waals surface area contributed by atoms with Crippen LogP contribution in [-0.2, 0) is 9.84 Å². The minimum absolute atomic E-state index is 0.0556. The molecule has 0 radical (unpaired) electrons. The van der Waals surface area contributed by atoms with E-state index in [-0.39, 0.29) is 10.5 Å². The van der Waals surface area contributed by atoms with E-state index in [4.69, 9.17) is 4.74 Å². The Morgan fingerprint density at radius 2 is 1.86 bits per heavy atom. The third-order valence-electron chi connectivity index (χ3n) is 3.03. The van der Waals surface area contributed by atoms with Gasteiger partial charge in [-0.15, -0.1) is 0 Å². The SMILES string of the molecule is COc1ccc(-c2cccc(S(C)(=O)=O)c2)c(C(=O)O)c1. The molecule has 21 heavy (non-hydrogen) atoms. The van der Waals surface area contributed by atoms with Crippen molar-refractivity contribution >= 4 is 15.8 Å². The summed E-state index contributed by atoms with van der Waals surface area (Å²) in [4.78, 5) is 11.5. The first-order valence-electron chi connectivity index (χ1n) is 6.05. The Balaban J connectivity index is 2.64. The number of hydrogen-bond acceptors (Lipinski definition) is 4. The van der Waals surface area contributed by atoms with Crippen LogP contribution in [0, 0.1) is 0 Å². The van der Waals surface area contributed by atoms with Crippen LogP contribution >= 0.6 is 0 Å². The molecule has 0 aliphatic heterocycles. The Bertz CT molecular complexity index is 793. The maximum Gasteiger partial charge on any atom is 0.336 e. The van der Waals surface area contributed by atoms with Crippen molar-refractivity contribution < 1.29 is 23.1 Å². The summed E-state index contributed by atoms with van der Waals surface area (Å²) in [6, 6.07) is 10.8. The molecule has 1 N–H and O–H groups in total. The number of rotatable bonds is 4. The molecule has 0 aliphatic rings. The van der Waals surface area contributed by atoms with Crippen LogP contribution in [0.1, 0.15) is 10.4 Å². The fourth-order valence-electron chi connectivity index (χ4n) is 1.97. The van der Waals surface area contributed by atoms with Crippen molar-refractivity contribution in [1.82, 2.24) is 0 Å². The second-order valence-electron chi connectivity index (χ2n) is 4.52. The molecule has 0 aliphatic carbocycles. The first-order chi connectivity index (χ1) is 9.82. The lowest BCUT2D eigenvalue weighted by Gasteiger charge is -2.09. The zero-order valence-electron chi connectivity index (χ0n) is 11.5. The molecule has 0 saturated heterocycles. The first-order valence-corrected chi connectivity index (χ1v) is 7.94. The molecule has 0 amide bonds. The van der Waals surface area contributed by atoms with E-state index in [0.717, 1.165) is 6.26 Å². The summed E-state index contributed by atoms with van der Waals surface area (Å²) in [5, 5.41) is 9.30. The lowest BCUT2D eigenvalue weighted by Crippen LogP contribution is -2.01. The zero-order valence-corrected chi connectivity index (χ0v) is 12.3. The number of aromatic carboxylic acids is 1. The average molecular weight is 306 g/mol. The fraction of sp³-hybridized carbons (Fsp3) is 0.133. The predicted octanol–water partition coefficient (Wildman–Crippen LogP) is 2.46. The van der Waals surface area contributed by atoms with Gasteiger partial charge in [-0.2, -0.15) is 0 Å². The molecular weight excluding hydrogens is 292 g/mol. The molecule has 5 nitrogen and oxygen atoms in total. The first kappa shape index (κ1) is 15.1. The van der Waals surface area contributed by atoms with Crippen molar-refractivity contribution in [1.29, 1.82) is 0 Å². The summed E-state index contributed by atoms with van der Waals surface area (Å²) in [7, 11) is -1.90. The number of methoxy groups -OCH3 is 1. The van der Waals surface area contributed by atoms with Gasteiger partial charge in [-0.1, -0.05) is 12.1 Å². The maximum atomic E-state index is 11.6. The van der Waals surface area contributed by atoms with Crippen molar-refractivity contribution in [2.75, 3.05) is 13.4 Å². The van der Waals surface area contributed by atoms with Gasteiger partial charge in [0.25, 0.3) is 0 Å². The predicted molar refractivity (Wildman–Crippen MR) is 78.5 cm³/mol. The van der Waals surface area contributed by atoms with Crippen LogP contribution in [0.5, 0.6) is 5.75 Å². The highest BCUT2D eigenvalue weighted by atomic mass is 32.2. The summed E-state index contributed by atoms with van der Waals surface area (Å²) >= 11 is 0. The van der Waals surface area contributed by atoms with Crippen molar-refractivity contribution in [3.05, 3.63) is 48.0 Å².